The van der Waals surface area contributed by atoms with Crippen molar-refractivity contribution >= 4 is 58.4 Å². The lowest BCUT2D eigenvalue weighted by Gasteiger charge is -2.36. The van der Waals surface area contributed by atoms with Crippen molar-refractivity contribution in [3.63, 3.8) is 0 Å². The van der Waals surface area contributed by atoms with E-state index in [9.17, 15) is 0 Å². The molecule has 138 valence electrons. The molecule has 1 aliphatic rings. The molecule has 1 aliphatic heterocycles. The lowest BCUT2D eigenvalue weighted by molar-refractivity contribution is 0.372. The van der Waals surface area contributed by atoms with E-state index >= 15 is 0 Å². The highest BCUT2D eigenvalue weighted by molar-refractivity contribution is 14.0. The van der Waals surface area contributed by atoms with E-state index in [1.807, 2.05) is 11.8 Å². The third kappa shape index (κ3) is 6.55. The number of piperazine rings is 1. The van der Waals surface area contributed by atoms with Crippen molar-refractivity contribution in [3.8, 4) is 0 Å². The molecule has 6 nitrogen and oxygen atoms in total. The highest BCUT2D eigenvalue weighted by Crippen LogP contribution is 2.19. The molecule has 0 atom stereocenters. The Hall–Kier alpha value is -0.290. The van der Waals surface area contributed by atoms with Gasteiger partial charge >= 0.3 is 0 Å². The predicted octanol–water partition coefficient (Wildman–Crippen LogP) is 2.56. The summed E-state index contributed by atoms with van der Waals surface area (Å²) in [5, 5.41) is 4.48. The second kappa shape index (κ2) is 12.1. The largest absolute Gasteiger partial charge is 0.357 e. The van der Waals surface area contributed by atoms with Gasteiger partial charge in [-0.2, -0.15) is 16.1 Å². The fourth-order valence-electron chi connectivity index (χ4n) is 2.45. The molecule has 1 saturated heterocycles. The zero-order valence-electron chi connectivity index (χ0n) is 14.8. The molecule has 2 rings (SSSR count). The van der Waals surface area contributed by atoms with Crippen LogP contribution in [0.5, 0.6) is 0 Å². The Labute approximate surface area is 171 Å². The van der Waals surface area contributed by atoms with Crippen LogP contribution >= 0.6 is 47.3 Å². The van der Waals surface area contributed by atoms with Crippen LogP contribution in [0.2, 0.25) is 0 Å². The molecule has 9 heteroatoms. The van der Waals surface area contributed by atoms with Gasteiger partial charge < -0.3 is 15.1 Å². The molecule has 2 heterocycles. The standard InChI is InChI=1S/C15H28N6S2.HI/c1-4-13-18-15(23-19-13)21-10-8-20(9-11-21)14(16-5-2)17-7-6-12-22-3;/h4-12H2,1-3H3,(H,16,17);1H. The van der Waals surface area contributed by atoms with Crippen LogP contribution in [0.4, 0.5) is 5.13 Å². The minimum absolute atomic E-state index is 0. The number of rotatable bonds is 7. The van der Waals surface area contributed by atoms with Gasteiger partial charge in [0, 0.05) is 57.2 Å². The smallest absolute Gasteiger partial charge is 0.205 e. The first kappa shape index (κ1) is 21.8. The summed E-state index contributed by atoms with van der Waals surface area (Å²) < 4.78 is 4.39. The van der Waals surface area contributed by atoms with Gasteiger partial charge in [-0.3, -0.25) is 4.99 Å². The normalized spacial score (nSPS) is 15.4. The first-order chi connectivity index (χ1) is 11.3. The molecule has 0 radical (unpaired) electrons. The number of hydrogen-bond donors (Lipinski definition) is 1. The summed E-state index contributed by atoms with van der Waals surface area (Å²) >= 11 is 3.40. The molecule has 0 bridgehead atoms. The summed E-state index contributed by atoms with van der Waals surface area (Å²) in [7, 11) is 0. The van der Waals surface area contributed by atoms with Crippen LogP contribution in [-0.2, 0) is 6.42 Å². The minimum atomic E-state index is 0. The molecule has 1 aromatic rings. The van der Waals surface area contributed by atoms with Crippen LogP contribution in [0, 0.1) is 0 Å². The van der Waals surface area contributed by atoms with Crippen molar-refractivity contribution < 1.29 is 0 Å². The third-order valence-corrected chi connectivity index (χ3v) is 5.24. The topological polar surface area (TPSA) is 56.7 Å². The van der Waals surface area contributed by atoms with Gasteiger partial charge in [-0.1, -0.05) is 6.92 Å². The predicted molar refractivity (Wildman–Crippen MR) is 117 cm³/mol. The molecular weight excluding hydrogens is 455 g/mol. The van der Waals surface area contributed by atoms with Gasteiger partial charge in [-0.25, -0.2) is 4.98 Å². The maximum absolute atomic E-state index is 4.76. The van der Waals surface area contributed by atoms with Crippen molar-refractivity contribution in [2.24, 2.45) is 4.99 Å². The van der Waals surface area contributed by atoms with E-state index in [-0.39, 0.29) is 24.0 Å². The molecule has 0 amide bonds. The van der Waals surface area contributed by atoms with E-state index in [1.165, 1.54) is 17.3 Å². The fraction of sp³-hybridized carbons (Fsp3) is 0.800. The Balaban J connectivity index is 0.00000288. The van der Waals surface area contributed by atoms with E-state index in [0.29, 0.717) is 0 Å². The molecule has 0 unspecified atom stereocenters. The lowest BCUT2D eigenvalue weighted by atomic mass is 10.3. The molecule has 24 heavy (non-hydrogen) atoms. The lowest BCUT2D eigenvalue weighted by Crippen LogP contribution is -2.52. The second-order valence-corrected chi connectivity index (χ2v) is 7.12. The monoisotopic (exact) mass is 484 g/mol. The molecule has 0 aliphatic carbocycles. The second-order valence-electron chi connectivity index (χ2n) is 5.40. The van der Waals surface area contributed by atoms with E-state index < -0.39 is 0 Å². The summed E-state index contributed by atoms with van der Waals surface area (Å²) in [6.07, 6.45) is 4.19. The zero-order valence-corrected chi connectivity index (χ0v) is 18.8. The number of aryl methyl sites for hydroxylation is 1. The number of thioether (sulfide) groups is 1. The summed E-state index contributed by atoms with van der Waals surface area (Å²) in [4.78, 5) is 14.1. The van der Waals surface area contributed by atoms with Gasteiger partial charge in [0.05, 0.1) is 0 Å². The maximum atomic E-state index is 4.76. The van der Waals surface area contributed by atoms with Crippen LogP contribution in [-0.4, -0.2) is 71.5 Å². The van der Waals surface area contributed by atoms with Crippen LogP contribution < -0.4 is 10.2 Å². The first-order valence-corrected chi connectivity index (χ1v) is 10.5. The van der Waals surface area contributed by atoms with Gasteiger partial charge in [0.15, 0.2) is 5.96 Å². The SMILES string of the molecule is CCNC(=NCCCSC)N1CCN(c2nc(CC)ns2)CC1.I. The molecular formula is C15H29IN6S2. The van der Waals surface area contributed by atoms with E-state index in [4.69, 9.17) is 4.99 Å². The van der Waals surface area contributed by atoms with Crippen molar-refractivity contribution in [1.82, 2.24) is 19.6 Å². The molecule has 1 fully saturated rings. The molecule has 0 spiro atoms. The van der Waals surface area contributed by atoms with Gasteiger partial charge in [-0.15, -0.1) is 24.0 Å². The molecule has 1 N–H and O–H groups in total. The van der Waals surface area contributed by atoms with E-state index in [2.05, 4.69) is 44.6 Å². The molecule has 1 aromatic heterocycles. The number of aromatic nitrogens is 2. The Bertz CT molecular complexity index is 488. The Morgan fingerprint density at radius 2 is 2.04 bits per heavy atom. The summed E-state index contributed by atoms with van der Waals surface area (Å²) in [6, 6.07) is 0. The molecule has 0 aromatic carbocycles. The summed E-state index contributed by atoms with van der Waals surface area (Å²) in [5.41, 5.74) is 0. The van der Waals surface area contributed by atoms with Crippen LogP contribution in [0.1, 0.15) is 26.1 Å². The van der Waals surface area contributed by atoms with Crippen molar-refractivity contribution in [2.45, 2.75) is 26.7 Å². The number of aliphatic imine (C=N–C) groups is 1. The quantitative estimate of drug-likeness (QED) is 0.278. The third-order valence-electron chi connectivity index (χ3n) is 3.73. The van der Waals surface area contributed by atoms with Gasteiger partial charge in [0.25, 0.3) is 0 Å². The van der Waals surface area contributed by atoms with E-state index in [1.54, 1.807) is 0 Å². The maximum Gasteiger partial charge on any atom is 0.205 e. The number of nitrogens with one attached hydrogen (secondary N) is 1. The number of hydrogen-bond acceptors (Lipinski definition) is 6. The fourth-order valence-corrected chi connectivity index (χ4v) is 3.66. The number of halogens is 1. The first-order valence-electron chi connectivity index (χ1n) is 8.38. The van der Waals surface area contributed by atoms with Crippen LogP contribution in [0.15, 0.2) is 4.99 Å². The summed E-state index contributed by atoms with van der Waals surface area (Å²) in [5.74, 6) is 3.18. The average molecular weight is 484 g/mol. The Morgan fingerprint density at radius 1 is 1.29 bits per heavy atom. The number of guanidine groups is 1. The summed E-state index contributed by atoms with van der Waals surface area (Å²) in [6.45, 7) is 9.96. The van der Waals surface area contributed by atoms with Crippen molar-refractivity contribution in [1.29, 1.82) is 0 Å². The highest BCUT2D eigenvalue weighted by atomic mass is 127. The molecule has 0 saturated carbocycles. The Kier molecular flexibility index (Phi) is 11.0. The number of anilines is 1. The van der Waals surface area contributed by atoms with Crippen molar-refractivity contribution in [2.75, 3.05) is 56.2 Å². The highest BCUT2D eigenvalue weighted by Gasteiger charge is 2.21. The van der Waals surface area contributed by atoms with Gasteiger partial charge in [0.1, 0.15) is 5.82 Å². The van der Waals surface area contributed by atoms with Crippen molar-refractivity contribution in [3.05, 3.63) is 5.82 Å². The Morgan fingerprint density at radius 3 is 2.62 bits per heavy atom. The van der Waals surface area contributed by atoms with Crippen LogP contribution in [0.3, 0.4) is 0 Å². The average Bonchev–Trinajstić information content (AvgIpc) is 3.07. The minimum Gasteiger partial charge on any atom is -0.357 e. The van der Waals surface area contributed by atoms with Crippen LogP contribution in [0.25, 0.3) is 0 Å². The van der Waals surface area contributed by atoms with Gasteiger partial charge in [-0.05, 0) is 25.4 Å². The zero-order chi connectivity index (χ0) is 16.5. The van der Waals surface area contributed by atoms with E-state index in [0.717, 1.165) is 69.0 Å². The number of nitrogens with zero attached hydrogens (tertiary/aromatic N) is 5. The van der Waals surface area contributed by atoms with Gasteiger partial charge in [0.2, 0.25) is 5.13 Å².